The zero-order chi connectivity index (χ0) is 18.8. The summed E-state index contributed by atoms with van der Waals surface area (Å²) >= 11 is 0. The van der Waals surface area contributed by atoms with Crippen LogP contribution in [0.2, 0.25) is 0 Å². The summed E-state index contributed by atoms with van der Waals surface area (Å²) in [7, 11) is 1.61. The molecule has 0 radical (unpaired) electrons. The van der Waals surface area contributed by atoms with Crippen molar-refractivity contribution in [3.05, 3.63) is 76.8 Å². The number of nitrogens with one attached hydrogen (secondary N) is 3. The molecule has 0 unspecified atom stereocenters. The van der Waals surface area contributed by atoms with Gasteiger partial charge in [0.2, 0.25) is 0 Å². The van der Waals surface area contributed by atoms with Gasteiger partial charge >= 0.3 is 5.69 Å². The van der Waals surface area contributed by atoms with Crippen molar-refractivity contribution in [3.8, 4) is 17.0 Å². The summed E-state index contributed by atoms with van der Waals surface area (Å²) in [5.41, 5.74) is 3.70. The van der Waals surface area contributed by atoms with E-state index in [9.17, 15) is 9.59 Å². The first-order valence-corrected chi connectivity index (χ1v) is 8.26. The third-order valence-electron chi connectivity index (χ3n) is 4.17. The van der Waals surface area contributed by atoms with Crippen LogP contribution in [0, 0.1) is 0 Å². The second kappa shape index (κ2) is 6.80. The van der Waals surface area contributed by atoms with E-state index >= 15 is 0 Å². The summed E-state index contributed by atoms with van der Waals surface area (Å²) < 4.78 is 5.22. The SMILES string of the molecule is COc1cccc(-c2ccc(C(=O)Nc3ccc4[nH]c(=O)[nH]c4c3)cn2)c1. The monoisotopic (exact) mass is 360 g/mol. The number of imidazole rings is 1. The van der Waals surface area contributed by atoms with E-state index in [1.807, 2.05) is 24.3 Å². The van der Waals surface area contributed by atoms with E-state index in [2.05, 4.69) is 20.3 Å². The third kappa shape index (κ3) is 3.43. The molecule has 2 aromatic heterocycles. The number of pyridine rings is 1. The summed E-state index contributed by atoms with van der Waals surface area (Å²) in [5, 5.41) is 2.80. The van der Waals surface area contributed by atoms with E-state index in [0.717, 1.165) is 17.0 Å². The Morgan fingerprint density at radius 3 is 2.67 bits per heavy atom. The second-order valence-corrected chi connectivity index (χ2v) is 5.96. The highest BCUT2D eigenvalue weighted by Gasteiger charge is 2.09. The number of methoxy groups -OCH3 is 1. The van der Waals surface area contributed by atoms with Crippen LogP contribution in [0.1, 0.15) is 10.4 Å². The lowest BCUT2D eigenvalue weighted by atomic mass is 10.1. The van der Waals surface area contributed by atoms with Gasteiger partial charge in [-0.3, -0.25) is 9.78 Å². The lowest BCUT2D eigenvalue weighted by Crippen LogP contribution is -2.12. The summed E-state index contributed by atoms with van der Waals surface area (Å²) in [4.78, 5) is 33.5. The van der Waals surface area contributed by atoms with Crippen LogP contribution >= 0.6 is 0 Å². The van der Waals surface area contributed by atoms with Crippen LogP contribution in [0.5, 0.6) is 5.75 Å². The number of H-pyrrole nitrogens is 2. The number of carbonyl (C=O) groups is 1. The molecule has 3 N–H and O–H groups in total. The minimum absolute atomic E-state index is 0.281. The number of amides is 1. The molecule has 27 heavy (non-hydrogen) atoms. The van der Waals surface area contributed by atoms with Gasteiger partial charge in [0.1, 0.15) is 5.75 Å². The predicted octanol–water partition coefficient (Wildman–Crippen LogP) is 3.18. The molecule has 4 rings (SSSR count). The first-order valence-electron chi connectivity index (χ1n) is 8.26. The van der Waals surface area contributed by atoms with Crippen molar-refractivity contribution in [1.29, 1.82) is 0 Å². The van der Waals surface area contributed by atoms with Gasteiger partial charge < -0.3 is 20.0 Å². The fraction of sp³-hybridized carbons (Fsp3) is 0.0500. The fourth-order valence-corrected chi connectivity index (χ4v) is 2.79. The normalized spacial score (nSPS) is 10.7. The van der Waals surface area contributed by atoms with Crippen LogP contribution < -0.4 is 15.7 Å². The number of hydrogen-bond donors (Lipinski definition) is 3. The number of benzene rings is 2. The maximum absolute atomic E-state index is 12.5. The van der Waals surface area contributed by atoms with Crippen molar-refractivity contribution < 1.29 is 9.53 Å². The molecule has 0 fully saturated rings. The number of nitrogens with zero attached hydrogens (tertiary/aromatic N) is 1. The van der Waals surface area contributed by atoms with Crippen molar-refractivity contribution in [1.82, 2.24) is 15.0 Å². The second-order valence-electron chi connectivity index (χ2n) is 5.96. The highest BCUT2D eigenvalue weighted by molar-refractivity contribution is 6.04. The molecule has 2 aromatic carbocycles. The number of rotatable bonds is 4. The smallest absolute Gasteiger partial charge is 0.323 e. The Labute approximate surface area is 154 Å². The Morgan fingerprint density at radius 2 is 1.89 bits per heavy atom. The zero-order valence-electron chi connectivity index (χ0n) is 14.4. The number of carbonyl (C=O) groups excluding carboxylic acids is 1. The van der Waals surface area contributed by atoms with Crippen LogP contribution in [-0.4, -0.2) is 28.0 Å². The minimum Gasteiger partial charge on any atom is -0.497 e. The first-order chi connectivity index (χ1) is 13.1. The van der Waals surface area contributed by atoms with Crippen LogP contribution in [0.25, 0.3) is 22.3 Å². The number of aromatic amines is 2. The molecule has 0 saturated heterocycles. The largest absolute Gasteiger partial charge is 0.497 e. The van der Waals surface area contributed by atoms with Gasteiger partial charge in [0.15, 0.2) is 0 Å². The van der Waals surface area contributed by atoms with Crippen molar-refractivity contribution in [2.45, 2.75) is 0 Å². The molecule has 0 spiro atoms. The molecule has 7 nitrogen and oxygen atoms in total. The molecule has 0 atom stereocenters. The third-order valence-corrected chi connectivity index (χ3v) is 4.17. The Hall–Kier alpha value is -3.87. The first kappa shape index (κ1) is 16.6. The standard InChI is InChI=1S/C20H16N4O3/c1-27-15-4-2-3-12(9-15)16-7-5-13(11-21-16)19(25)22-14-6-8-17-18(10-14)24-20(26)23-17/h2-11H,1H3,(H,22,25)(H2,23,24,26). The molecule has 0 aliphatic heterocycles. The van der Waals surface area contributed by atoms with Gasteiger partial charge in [-0.1, -0.05) is 12.1 Å². The summed E-state index contributed by atoms with van der Waals surface area (Å²) in [5.74, 6) is 0.464. The number of aromatic nitrogens is 3. The van der Waals surface area contributed by atoms with Crippen LogP contribution in [-0.2, 0) is 0 Å². The molecule has 2 heterocycles. The Bertz CT molecular complexity index is 1180. The number of hydrogen-bond acceptors (Lipinski definition) is 4. The molecular formula is C20H16N4O3. The summed E-state index contributed by atoms with van der Waals surface area (Å²) in [6, 6.07) is 16.2. The molecule has 134 valence electrons. The molecule has 4 aromatic rings. The predicted molar refractivity (Wildman–Crippen MR) is 103 cm³/mol. The molecule has 0 aliphatic rings. The molecular weight excluding hydrogens is 344 g/mol. The average molecular weight is 360 g/mol. The average Bonchev–Trinajstić information content (AvgIpc) is 3.07. The van der Waals surface area contributed by atoms with E-state index in [1.165, 1.54) is 6.20 Å². The van der Waals surface area contributed by atoms with Crippen molar-refractivity contribution >= 4 is 22.6 Å². The topological polar surface area (TPSA) is 99.9 Å². The van der Waals surface area contributed by atoms with E-state index < -0.39 is 0 Å². The van der Waals surface area contributed by atoms with Crippen molar-refractivity contribution in [2.75, 3.05) is 12.4 Å². The van der Waals surface area contributed by atoms with Gasteiger partial charge in [-0.25, -0.2) is 4.79 Å². The quantitative estimate of drug-likeness (QED) is 0.520. The van der Waals surface area contributed by atoms with E-state index in [1.54, 1.807) is 37.4 Å². The summed E-state index contributed by atoms with van der Waals surface area (Å²) in [6.07, 6.45) is 1.53. The Kier molecular flexibility index (Phi) is 4.18. The Balaban J connectivity index is 1.53. The van der Waals surface area contributed by atoms with Crippen LogP contribution in [0.15, 0.2) is 65.6 Å². The molecule has 0 aliphatic carbocycles. The number of ether oxygens (including phenoxy) is 1. The number of fused-ring (bicyclic) bond motifs is 1. The highest BCUT2D eigenvalue weighted by atomic mass is 16.5. The molecule has 1 amide bonds. The van der Waals surface area contributed by atoms with Gasteiger partial charge in [0.05, 0.1) is 29.4 Å². The van der Waals surface area contributed by atoms with Crippen molar-refractivity contribution in [3.63, 3.8) is 0 Å². The molecule has 7 heteroatoms. The minimum atomic E-state index is -0.286. The maximum Gasteiger partial charge on any atom is 0.323 e. The van der Waals surface area contributed by atoms with E-state index in [0.29, 0.717) is 22.3 Å². The fourth-order valence-electron chi connectivity index (χ4n) is 2.79. The van der Waals surface area contributed by atoms with Gasteiger partial charge in [0, 0.05) is 17.4 Å². The van der Waals surface area contributed by atoms with Gasteiger partial charge in [-0.05, 0) is 42.5 Å². The van der Waals surface area contributed by atoms with Gasteiger partial charge in [-0.2, -0.15) is 0 Å². The van der Waals surface area contributed by atoms with E-state index in [-0.39, 0.29) is 11.6 Å². The Morgan fingerprint density at radius 1 is 1.04 bits per heavy atom. The lowest BCUT2D eigenvalue weighted by Gasteiger charge is -2.07. The highest BCUT2D eigenvalue weighted by Crippen LogP contribution is 2.22. The summed E-state index contributed by atoms with van der Waals surface area (Å²) in [6.45, 7) is 0. The maximum atomic E-state index is 12.5. The zero-order valence-corrected chi connectivity index (χ0v) is 14.4. The number of anilines is 1. The van der Waals surface area contributed by atoms with Crippen molar-refractivity contribution in [2.24, 2.45) is 0 Å². The lowest BCUT2D eigenvalue weighted by molar-refractivity contribution is 0.102. The van der Waals surface area contributed by atoms with Gasteiger partial charge in [-0.15, -0.1) is 0 Å². The van der Waals surface area contributed by atoms with Crippen LogP contribution in [0.4, 0.5) is 5.69 Å². The van der Waals surface area contributed by atoms with Crippen LogP contribution in [0.3, 0.4) is 0 Å². The van der Waals surface area contributed by atoms with E-state index in [4.69, 9.17) is 4.74 Å². The van der Waals surface area contributed by atoms with Gasteiger partial charge in [0.25, 0.3) is 5.91 Å². The molecule has 0 bridgehead atoms. The molecule has 0 saturated carbocycles.